The van der Waals surface area contributed by atoms with E-state index >= 15 is 0 Å². The van der Waals surface area contributed by atoms with Gasteiger partial charge in [-0.05, 0) is 59.1 Å². The summed E-state index contributed by atoms with van der Waals surface area (Å²) in [6.07, 6.45) is 4.95. The first-order chi connectivity index (χ1) is 11.1. The molecule has 0 atom stereocenters. The number of hydrogen-bond donors (Lipinski definition) is 2. The lowest BCUT2D eigenvalue weighted by Crippen LogP contribution is -2.25. The van der Waals surface area contributed by atoms with Crippen molar-refractivity contribution >= 4 is 33.2 Å². The summed E-state index contributed by atoms with van der Waals surface area (Å²) in [5.74, 6) is -0.121. The van der Waals surface area contributed by atoms with Crippen molar-refractivity contribution in [3.8, 4) is 0 Å². The quantitative estimate of drug-likeness (QED) is 0.682. The maximum absolute atomic E-state index is 12.0. The third-order valence-corrected chi connectivity index (χ3v) is 4.12. The fraction of sp³-hybridized carbons (Fsp3) is 0.333. The van der Waals surface area contributed by atoms with Crippen molar-refractivity contribution in [1.29, 1.82) is 0 Å². The minimum absolute atomic E-state index is 0.121. The fourth-order valence-corrected chi connectivity index (χ4v) is 2.74. The number of pyridine rings is 1. The summed E-state index contributed by atoms with van der Waals surface area (Å²) in [4.78, 5) is 16.2. The number of hydrogen-bond acceptors (Lipinski definition) is 3. The topological polar surface area (TPSA) is 54.0 Å². The van der Waals surface area contributed by atoms with Gasteiger partial charge in [-0.3, -0.25) is 4.79 Å². The third-order valence-electron chi connectivity index (χ3n) is 3.47. The number of unbranched alkanes of at least 4 members (excludes halogenated alkanes) is 2. The maximum atomic E-state index is 12.0. The van der Waals surface area contributed by atoms with E-state index in [4.69, 9.17) is 0 Å². The molecule has 1 amide bonds. The first-order valence-corrected chi connectivity index (χ1v) is 8.67. The van der Waals surface area contributed by atoms with Crippen LogP contribution in [0.1, 0.15) is 42.2 Å². The molecule has 1 aromatic heterocycles. The molecule has 0 unspecified atom stereocenters. The minimum Gasteiger partial charge on any atom is -0.353 e. The van der Waals surface area contributed by atoms with Gasteiger partial charge in [-0.2, -0.15) is 0 Å². The number of halogens is 1. The normalized spacial score (nSPS) is 10.4. The van der Waals surface area contributed by atoms with E-state index in [9.17, 15) is 4.79 Å². The fourth-order valence-electron chi connectivity index (χ4n) is 2.15. The van der Waals surface area contributed by atoms with Gasteiger partial charge in [-0.15, -0.1) is 0 Å². The molecule has 0 saturated heterocycles. The number of carbonyl (C=O) groups excluding carboxylic acids is 1. The van der Waals surface area contributed by atoms with Crippen LogP contribution in [0.2, 0.25) is 0 Å². The van der Waals surface area contributed by atoms with E-state index in [1.807, 2.05) is 31.2 Å². The predicted molar refractivity (Wildman–Crippen MR) is 98.3 cm³/mol. The number of nitrogens with one attached hydrogen (secondary N) is 2. The summed E-state index contributed by atoms with van der Waals surface area (Å²) in [7, 11) is 0. The molecule has 0 aliphatic rings. The number of nitrogens with zero attached hydrogens (tertiary/aromatic N) is 1. The Morgan fingerprint density at radius 1 is 1.22 bits per heavy atom. The Morgan fingerprint density at radius 3 is 2.70 bits per heavy atom. The van der Waals surface area contributed by atoms with Gasteiger partial charge in [0.05, 0.1) is 17.6 Å². The average Bonchev–Trinajstić information content (AvgIpc) is 2.55. The van der Waals surface area contributed by atoms with Crippen LogP contribution in [0.5, 0.6) is 0 Å². The number of rotatable bonds is 7. The van der Waals surface area contributed by atoms with Crippen LogP contribution < -0.4 is 10.6 Å². The molecule has 0 radical (unpaired) electrons. The molecule has 1 aromatic carbocycles. The molecule has 0 aliphatic heterocycles. The standard InChI is InChI=1S/C18H22BrN3O/c1-3-4-5-10-20-18(23)17-9-7-14(12-21-17)22-16-8-6-13(2)11-15(16)19/h6-9,11-12,22H,3-5,10H2,1-2H3,(H,20,23). The molecule has 0 fully saturated rings. The molecule has 2 rings (SSSR count). The molecule has 122 valence electrons. The Balaban J connectivity index is 1.95. The van der Waals surface area contributed by atoms with E-state index in [1.54, 1.807) is 12.3 Å². The SMILES string of the molecule is CCCCCNC(=O)c1ccc(Nc2ccc(C)cc2Br)cn1. The van der Waals surface area contributed by atoms with Crippen LogP contribution in [-0.2, 0) is 0 Å². The van der Waals surface area contributed by atoms with E-state index in [1.165, 1.54) is 5.56 Å². The third kappa shape index (κ3) is 5.36. The van der Waals surface area contributed by atoms with E-state index in [0.29, 0.717) is 12.2 Å². The highest BCUT2D eigenvalue weighted by atomic mass is 79.9. The van der Waals surface area contributed by atoms with Gasteiger partial charge >= 0.3 is 0 Å². The summed E-state index contributed by atoms with van der Waals surface area (Å²) in [5.41, 5.74) is 3.44. The molecule has 2 aromatic rings. The predicted octanol–water partition coefficient (Wildman–Crippen LogP) is 4.82. The van der Waals surface area contributed by atoms with Gasteiger partial charge in [0.2, 0.25) is 0 Å². The first kappa shape index (κ1) is 17.5. The zero-order valence-corrected chi connectivity index (χ0v) is 15.1. The van der Waals surface area contributed by atoms with Gasteiger partial charge in [0, 0.05) is 11.0 Å². The Hall–Kier alpha value is -1.88. The van der Waals surface area contributed by atoms with Crippen molar-refractivity contribution in [3.05, 3.63) is 52.3 Å². The van der Waals surface area contributed by atoms with Crippen molar-refractivity contribution in [3.63, 3.8) is 0 Å². The second-order valence-electron chi connectivity index (χ2n) is 5.50. The van der Waals surface area contributed by atoms with Crippen LogP contribution in [0.3, 0.4) is 0 Å². The Labute approximate surface area is 145 Å². The minimum atomic E-state index is -0.121. The van der Waals surface area contributed by atoms with Crippen LogP contribution >= 0.6 is 15.9 Å². The van der Waals surface area contributed by atoms with E-state index in [2.05, 4.69) is 38.5 Å². The number of carbonyl (C=O) groups is 1. The zero-order valence-electron chi connectivity index (χ0n) is 13.5. The van der Waals surface area contributed by atoms with Gasteiger partial charge in [-0.1, -0.05) is 25.8 Å². The molecule has 0 aliphatic carbocycles. The smallest absolute Gasteiger partial charge is 0.269 e. The van der Waals surface area contributed by atoms with Crippen LogP contribution in [0.15, 0.2) is 41.0 Å². The van der Waals surface area contributed by atoms with Crippen molar-refractivity contribution < 1.29 is 4.79 Å². The van der Waals surface area contributed by atoms with Crippen LogP contribution in [-0.4, -0.2) is 17.4 Å². The lowest BCUT2D eigenvalue weighted by molar-refractivity contribution is 0.0948. The molecule has 23 heavy (non-hydrogen) atoms. The number of aromatic nitrogens is 1. The maximum Gasteiger partial charge on any atom is 0.269 e. The van der Waals surface area contributed by atoms with Crippen molar-refractivity contribution in [2.24, 2.45) is 0 Å². The molecular weight excluding hydrogens is 354 g/mol. The van der Waals surface area contributed by atoms with Crippen LogP contribution in [0.25, 0.3) is 0 Å². The molecule has 2 N–H and O–H groups in total. The van der Waals surface area contributed by atoms with Gasteiger partial charge < -0.3 is 10.6 Å². The molecule has 1 heterocycles. The van der Waals surface area contributed by atoms with Crippen LogP contribution in [0, 0.1) is 6.92 Å². The second-order valence-corrected chi connectivity index (χ2v) is 6.36. The number of anilines is 2. The first-order valence-electron chi connectivity index (χ1n) is 7.87. The number of amides is 1. The summed E-state index contributed by atoms with van der Waals surface area (Å²) in [6.45, 7) is 4.89. The monoisotopic (exact) mass is 375 g/mol. The highest BCUT2D eigenvalue weighted by Crippen LogP contribution is 2.26. The summed E-state index contributed by atoms with van der Waals surface area (Å²) in [6, 6.07) is 9.69. The highest BCUT2D eigenvalue weighted by Gasteiger charge is 2.07. The summed E-state index contributed by atoms with van der Waals surface area (Å²) < 4.78 is 0.996. The molecule has 0 saturated carbocycles. The lowest BCUT2D eigenvalue weighted by Gasteiger charge is -2.10. The van der Waals surface area contributed by atoms with Gasteiger partial charge in [0.15, 0.2) is 0 Å². The zero-order chi connectivity index (χ0) is 16.7. The average molecular weight is 376 g/mol. The van der Waals surface area contributed by atoms with E-state index < -0.39 is 0 Å². The molecule has 0 bridgehead atoms. The number of aryl methyl sites for hydroxylation is 1. The Morgan fingerprint density at radius 2 is 2.04 bits per heavy atom. The van der Waals surface area contributed by atoms with Crippen LogP contribution in [0.4, 0.5) is 11.4 Å². The van der Waals surface area contributed by atoms with Gasteiger partial charge in [0.25, 0.3) is 5.91 Å². The Bertz CT molecular complexity index is 656. The van der Waals surface area contributed by atoms with Crippen molar-refractivity contribution in [1.82, 2.24) is 10.3 Å². The van der Waals surface area contributed by atoms with Crippen molar-refractivity contribution in [2.45, 2.75) is 33.1 Å². The number of benzene rings is 1. The molecule has 0 spiro atoms. The van der Waals surface area contributed by atoms with Gasteiger partial charge in [-0.25, -0.2) is 4.98 Å². The second kappa shape index (κ2) is 8.67. The van der Waals surface area contributed by atoms with Gasteiger partial charge in [0.1, 0.15) is 5.69 Å². The Kier molecular flexibility index (Phi) is 6.59. The highest BCUT2D eigenvalue weighted by molar-refractivity contribution is 9.10. The largest absolute Gasteiger partial charge is 0.353 e. The summed E-state index contributed by atoms with van der Waals surface area (Å²) in [5, 5.41) is 6.17. The van der Waals surface area contributed by atoms with E-state index in [-0.39, 0.29) is 5.91 Å². The van der Waals surface area contributed by atoms with Crippen molar-refractivity contribution in [2.75, 3.05) is 11.9 Å². The molecular formula is C18H22BrN3O. The lowest BCUT2D eigenvalue weighted by atomic mass is 10.2. The molecule has 5 heteroatoms. The molecule has 4 nitrogen and oxygen atoms in total. The van der Waals surface area contributed by atoms with E-state index in [0.717, 1.165) is 35.1 Å². The summed E-state index contributed by atoms with van der Waals surface area (Å²) >= 11 is 3.54.